The highest BCUT2D eigenvalue weighted by molar-refractivity contribution is 5.65. The summed E-state index contributed by atoms with van der Waals surface area (Å²) < 4.78 is 5.86. The van der Waals surface area contributed by atoms with Crippen molar-refractivity contribution in [1.82, 2.24) is 4.90 Å². The maximum absolute atomic E-state index is 11.0. The van der Waals surface area contributed by atoms with Gasteiger partial charge in [0, 0.05) is 13.1 Å². The summed E-state index contributed by atoms with van der Waals surface area (Å²) in [4.78, 5) is 12.5. The van der Waals surface area contributed by atoms with Crippen molar-refractivity contribution in [3.05, 3.63) is 35.9 Å². The molecule has 4 heteroatoms. The first kappa shape index (κ1) is 14.9. The standard InChI is InChI=1S/C16H23NO3/c1-13-10-17(15(18)19)9-8-16(13,2)12-20-11-14-6-4-3-5-7-14/h3-7,13H,8-12H2,1-2H3,(H,18,19). The number of nitrogens with zero attached hydrogens (tertiary/aromatic N) is 1. The molecular weight excluding hydrogens is 254 g/mol. The third-order valence-electron chi connectivity index (χ3n) is 4.45. The molecule has 0 saturated carbocycles. The summed E-state index contributed by atoms with van der Waals surface area (Å²) in [6, 6.07) is 10.1. The summed E-state index contributed by atoms with van der Waals surface area (Å²) >= 11 is 0. The van der Waals surface area contributed by atoms with Gasteiger partial charge in [-0.2, -0.15) is 0 Å². The quantitative estimate of drug-likeness (QED) is 0.919. The SMILES string of the molecule is CC1CN(C(=O)O)CCC1(C)COCc1ccccc1. The molecule has 2 rings (SSSR count). The van der Waals surface area contributed by atoms with Gasteiger partial charge >= 0.3 is 6.09 Å². The van der Waals surface area contributed by atoms with Crippen molar-refractivity contribution in [3.8, 4) is 0 Å². The fourth-order valence-electron chi connectivity index (χ4n) is 2.64. The van der Waals surface area contributed by atoms with Gasteiger partial charge in [0.1, 0.15) is 0 Å². The maximum atomic E-state index is 11.0. The summed E-state index contributed by atoms with van der Waals surface area (Å²) in [5.41, 5.74) is 1.23. The molecule has 0 bridgehead atoms. The number of carbonyl (C=O) groups is 1. The van der Waals surface area contributed by atoms with E-state index in [1.165, 1.54) is 10.5 Å². The summed E-state index contributed by atoms with van der Waals surface area (Å²) in [6.07, 6.45) is 0.0408. The minimum Gasteiger partial charge on any atom is -0.465 e. The molecule has 0 aliphatic carbocycles. The molecule has 20 heavy (non-hydrogen) atoms. The average molecular weight is 277 g/mol. The van der Waals surface area contributed by atoms with Crippen molar-refractivity contribution in [1.29, 1.82) is 0 Å². The molecule has 1 aliphatic heterocycles. The van der Waals surface area contributed by atoms with Crippen LogP contribution in [0.4, 0.5) is 4.79 Å². The zero-order chi connectivity index (χ0) is 14.6. The number of amides is 1. The first-order chi connectivity index (χ1) is 9.51. The Balaban J connectivity index is 1.84. The van der Waals surface area contributed by atoms with Crippen LogP contribution in [0.5, 0.6) is 0 Å². The van der Waals surface area contributed by atoms with Gasteiger partial charge in [-0.05, 0) is 23.3 Å². The number of ether oxygens (including phenoxy) is 1. The number of hydrogen-bond donors (Lipinski definition) is 1. The van der Waals surface area contributed by atoms with E-state index in [0.717, 1.165) is 6.42 Å². The third kappa shape index (κ3) is 3.51. The van der Waals surface area contributed by atoms with Crippen LogP contribution < -0.4 is 0 Å². The van der Waals surface area contributed by atoms with E-state index in [4.69, 9.17) is 9.84 Å². The van der Waals surface area contributed by atoms with Crippen molar-refractivity contribution in [2.24, 2.45) is 11.3 Å². The van der Waals surface area contributed by atoms with Gasteiger partial charge in [-0.1, -0.05) is 44.2 Å². The number of rotatable bonds is 4. The average Bonchev–Trinajstić information content (AvgIpc) is 2.43. The topological polar surface area (TPSA) is 49.8 Å². The lowest BCUT2D eigenvalue weighted by Gasteiger charge is -2.43. The summed E-state index contributed by atoms with van der Waals surface area (Å²) in [6.45, 7) is 6.80. The van der Waals surface area contributed by atoms with Crippen molar-refractivity contribution >= 4 is 6.09 Å². The lowest BCUT2D eigenvalue weighted by atomic mass is 9.73. The molecule has 1 N–H and O–H groups in total. The molecule has 1 aromatic rings. The van der Waals surface area contributed by atoms with E-state index in [0.29, 0.717) is 32.2 Å². The van der Waals surface area contributed by atoms with Crippen molar-refractivity contribution in [3.63, 3.8) is 0 Å². The largest absolute Gasteiger partial charge is 0.465 e. The zero-order valence-electron chi connectivity index (χ0n) is 12.2. The van der Waals surface area contributed by atoms with Crippen LogP contribution in [0.15, 0.2) is 30.3 Å². The molecule has 4 nitrogen and oxygen atoms in total. The predicted molar refractivity (Wildman–Crippen MR) is 77.6 cm³/mol. The van der Waals surface area contributed by atoms with E-state index in [1.807, 2.05) is 18.2 Å². The van der Waals surface area contributed by atoms with Gasteiger partial charge in [-0.3, -0.25) is 0 Å². The van der Waals surface area contributed by atoms with Crippen LogP contribution in [0, 0.1) is 11.3 Å². The number of carboxylic acid groups (broad SMARTS) is 1. The molecule has 0 spiro atoms. The van der Waals surface area contributed by atoms with Crippen molar-refractivity contribution in [2.45, 2.75) is 26.9 Å². The highest BCUT2D eigenvalue weighted by Gasteiger charge is 2.38. The second-order valence-electron chi connectivity index (χ2n) is 6.01. The fourth-order valence-corrected chi connectivity index (χ4v) is 2.64. The van der Waals surface area contributed by atoms with Gasteiger partial charge in [0.05, 0.1) is 13.2 Å². The van der Waals surface area contributed by atoms with Gasteiger partial charge in [-0.15, -0.1) is 0 Å². The number of benzene rings is 1. The fraction of sp³-hybridized carbons (Fsp3) is 0.562. The molecule has 1 saturated heterocycles. The Kier molecular flexibility index (Phi) is 4.65. The second kappa shape index (κ2) is 6.27. The highest BCUT2D eigenvalue weighted by atomic mass is 16.5. The molecular formula is C16H23NO3. The third-order valence-corrected chi connectivity index (χ3v) is 4.45. The first-order valence-corrected chi connectivity index (χ1v) is 7.11. The van der Waals surface area contributed by atoms with Gasteiger partial charge in [0.2, 0.25) is 0 Å². The molecule has 1 aliphatic rings. The van der Waals surface area contributed by atoms with Crippen LogP contribution in [0.1, 0.15) is 25.8 Å². The Labute approximate surface area is 120 Å². The molecule has 1 heterocycles. The minimum absolute atomic E-state index is 0.0563. The maximum Gasteiger partial charge on any atom is 0.407 e. The molecule has 0 radical (unpaired) electrons. The Hall–Kier alpha value is -1.55. The molecule has 2 atom stereocenters. The van der Waals surface area contributed by atoms with Crippen LogP contribution in [-0.2, 0) is 11.3 Å². The van der Waals surface area contributed by atoms with Gasteiger partial charge in [0.25, 0.3) is 0 Å². The smallest absolute Gasteiger partial charge is 0.407 e. The minimum atomic E-state index is -0.816. The van der Waals surface area contributed by atoms with E-state index < -0.39 is 6.09 Å². The Morgan fingerprint density at radius 1 is 1.45 bits per heavy atom. The van der Waals surface area contributed by atoms with Gasteiger partial charge in [-0.25, -0.2) is 4.79 Å². The van der Waals surface area contributed by atoms with Crippen LogP contribution >= 0.6 is 0 Å². The van der Waals surface area contributed by atoms with E-state index in [2.05, 4.69) is 26.0 Å². The number of likely N-dealkylation sites (tertiary alicyclic amines) is 1. The second-order valence-corrected chi connectivity index (χ2v) is 6.01. The van der Waals surface area contributed by atoms with Crippen LogP contribution in [0.3, 0.4) is 0 Å². The molecule has 0 aromatic heterocycles. The van der Waals surface area contributed by atoms with Crippen LogP contribution in [-0.4, -0.2) is 35.8 Å². The molecule has 110 valence electrons. The Morgan fingerprint density at radius 3 is 2.75 bits per heavy atom. The van der Waals surface area contributed by atoms with Crippen molar-refractivity contribution in [2.75, 3.05) is 19.7 Å². The van der Waals surface area contributed by atoms with E-state index >= 15 is 0 Å². The van der Waals surface area contributed by atoms with Crippen molar-refractivity contribution < 1.29 is 14.6 Å². The van der Waals surface area contributed by atoms with Crippen LogP contribution in [0.2, 0.25) is 0 Å². The lowest BCUT2D eigenvalue weighted by Crippen LogP contribution is -2.48. The summed E-state index contributed by atoms with van der Waals surface area (Å²) in [5.74, 6) is 0.308. The Bertz CT molecular complexity index is 448. The number of piperidine rings is 1. The van der Waals surface area contributed by atoms with E-state index in [9.17, 15) is 4.79 Å². The monoisotopic (exact) mass is 277 g/mol. The normalized spacial score (nSPS) is 26.5. The molecule has 1 aromatic carbocycles. The van der Waals surface area contributed by atoms with Crippen LogP contribution in [0.25, 0.3) is 0 Å². The van der Waals surface area contributed by atoms with Gasteiger partial charge < -0.3 is 14.7 Å². The first-order valence-electron chi connectivity index (χ1n) is 7.11. The predicted octanol–water partition coefficient (Wildman–Crippen LogP) is 3.23. The van der Waals surface area contributed by atoms with Gasteiger partial charge in [0.15, 0.2) is 0 Å². The molecule has 2 unspecified atom stereocenters. The lowest BCUT2D eigenvalue weighted by molar-refractivity contribution is -0.0263. The van der Waals surface area contributed by atoms with E-state index in [1.54, 1.807) is 0 Å². The summed E-state index contributed by atoms with van der Waals surface area (Å²) in [5, 5.41) is 9.05. The summed E-state index contributed by atoms with van der Waals surface area (Å²) in [7, 11) is 0. The Morgan fingerprint density at radius 2 is 2.15 bits per heavy atom. The molecule has 1 amide bonds. The number of hydrogen-bond acceptors (Lipinski definition) is 2. The zero-order valence-corrected chi connectivity index (χ0v) is 12.2. The highest BCUT2D eigenvalue weighted by Crippen LogP contribution is 2.36. The molecule has 1 fully saturated rings. The van der Waals surface area contributed by atoms with E-state index in [-0.39, 0.29) is 5.41 Å².